The summed E-state index contributed by atoms with van der Waals surface area (Å²) in [6, 6.07) is 20.0. The highest BCUT2D eigenvalue weighted by atomic mass is 32.2. The van der Waals surface area contributed by atoms with Crippen LogP contribution < -0.4 is 0 Å². The maximum atomic E-state index is 5.88. The molecule has 1 fully saturated rings. The summed E-state index contributed by atoms with van der Waals surface area (Å²) in [6.07, 6.45) is 2.35. The Morgan fingerprint density at radius 3 is 2.43 bits per heavy atom. The van der Waals surface area contributed by atoms with Crippen molar-refractivity contribution in [1.82, 2.24) is 25.0 Å². The summed E-state index contributed by atoms with van der Waals surface area (Å²) in [6.45, 7) is 2.03. The molecule has 28 heavy (non-hydrogen) atoms. The van der Waals surface area contributed by atoms with Gasteiger partial charge in [-0.1, -0.05) is 48.2 Å². The van der Waals surface area contributed by atoms with Gasteiger partial charge in [0.25, 0.3) is 0 Å². The number of benzene rings is 2. The predicted molar refractivity (Wildman–Crippen MR) is 107 cm³/mol. The molecule has 0 amide bonds. The third-order valence-corrected chi connectivity index (χ3v) is 5.59. The van der Waals surface area contributed by atoms with Gasteiger partial charge in [-0.3, -0.25) is 0 Å². The third-order valence-electron chi connectivity index (χ3n) is 4.65. The SMILES string of the molecule is C[C@@H](Sc1nc(C2CC2)n(-c2ccccc2)n1)c1nnc(-c2ccccc2)o1. The molecule has 6 nitrogen and oxygen atoms in total. The highest BCUT2D eigenvalue weighted by molar-refractivity contribution is 7.99. The van der Waals surface area contributed by atoms with E-state index in [0.29, 0.717) is 17.7 Å². The van der Waals surface area contributed by atoms with Gasteiger partial charge in [0.15, 0.2) is 0 Å². The lowest BCUT2D eigenvalue weighted by Gasteiger charge is -2.04. The number of nitrogens with zero attached hydrogens (tertiary/aromatic N) is 5. The highest BCUT2D eigenvalue weighted by Crippen LogP contribution is 2.41. The average Bonchev–Trinajstić information content (AvgIpc) is 3.31. The topological polar surface area (TPSA) is 69.6 Å². The predicted octanol–water partition coefficient (Wildman–Crippen LogP) is 5.05. The molecular formula is C21H19N5OS. The van der Waals surface area contributed by atoms with Crippen LogP contribution >= 0.6 is 11.8 Å². The minimum atomic E-state index is -0.0383. The second-order valence-corrected chi connectivity index (χ2v) is 8.15. The van der Waals surface area contributed by atoms with Crippen LogP contribution in [0.25, 0.3) is 17.1 Å². The van der Waals surface area contributed by atoms with Gasteiger partial charge in [0, 0.05) is 11.5 Å². The van der Waals surface area contributed by atoms with E-state index < -0.39 is 0 Å². The van der Waals surface area contributed by atoms with E-state index in [0.717, 1.165) is 22.2 Å². The first-order chi connectivity index (χ1) is 13.8. The zero-order valence-corrected chi connectivity index (χ0v) is 16.2. The summed E-state index contributed by atoms with van der Waals surface area (Å²) < 4.78 is 7.85. The van der Waals surface area contributed by atoms with E-state index in [1.54, 1.807) is 11.8 Å². The second-order valence-electron chi connectivity index (χ2n) is 6.85. The molecule has 0 aliphatic heterocycles. The second kappa shape index (κ2) is 7.24. The molecule has 0 N–H and O–H groups in total. The normalized spacial score (nSPS) is 14.9. The monoisotopic (exact) mass is 389 g/mol. The van der Waals surface area contributed by atoms with E-state index >= 15 is 0 Å². The Kier molecular flexibility index (Phi) is 4.44. The number of rotatable bonds is 6. The minimum absolute atomic E-state index is 0.0383. The molecule has 1 saturated carbocycles. The first kappa shape index (κ1) is 17.2. The zero-order valence-electron chi connectivity index (χ0n) is 15.4. The fourth-order valence-corrected chi connectivity index (χ4v) is 3.81. The Morgan fingerprint density at radius 1 is 1.00 bits per heavy atom. The number of para-hydroxylation sites is 1. The lowest BCUT2D eigenvalue weighted by Crippen LogP contribution is -2.01. The fourth-order valence-electron chi connectivity index (χ4n) is 3.02. The van der Waals surface area contributed by atoms with E-state index in [-0.39, 0.29) is 5.25 Å². The summed E-state index contributed by atoms with van der Waals surface area (Å²) in [5.41, 5.74) is 1.96. The van der Waals surface area contributed by atoms with Crippen LogP contribution in [0, 0.1) is 0 Å². The van der Waals surface area contributed by atoms with Gasteiger partial charge in [-0.15, -0.1) is 15.3 Å². The van der Waals surface area contributed by atoms with Gasteiger partial charge in [0.05, 0.1) is 10.9 Å². The largest absolute Gasteiger partial charge is 0.419 e. The van der Waals surface area contributed by atoms with Crippen molar-refractivity contribution in [3.05, 3.63) is 72.4 Å². The summed E-state index contributed by atoms with van der Waals surface area (Å²) in [7, 11) is 0. The lowest BCUT2D eigenvalue weighted by molar-refractivity contribution is 0.509. The van der Waals surface area contributed by atoms with Crippen molar-refractivity contribution < 1.29 is 4.42 Å². The van der Waals surface area contributed by atoms with Crippen molar-refractivity contribution in [3.63, 3.8) is 0 Å². The fraction of sp³-hybridized carbons (Fsp3) is 0.238. The summed E-state index contributed by atoms with van der Waals surface area (Å²) in [5, 5.41) is 13.9. The molecular weight excluding hydrogens is 370 g/mol. The molecule has 0 bridgehead atoms. The van der Waals surface area contributed by atoms with E-state index in [4.69, 9.17) is 14.5 Å². The molecule has 1 aliphatic rings. The molecule has 0 spiro atoms. The number of hydrogen-bond acceptors (Lipinski definition) is 6. The van der Waals surface area contributed by atoms with Crippen molar-refractivity contribution >= 4 is 11.8 Å². The maximum absolute atomic E-state index is 5.88. The molecule has 1 atom stereocenters. The average molecular weight is 389 g/mol. The van der Waals surface area contributed by atoms with Gasteiger partial charge in [-0.05, 0) is 44.0 Å². The first-order valence-corrected chi connectivity index (χ1v) is 10.2. The van der Waals surface area contributed by atoms with Crippen LogP contribution in [-0.2, 0) is 0 Å². The molecule has 5 rings (SSSR count). The standard InChI is InChI=1S/C21H19N5OS/c1-14(19-23-24-20(27-19)16-8-4-2-5-9-16)28-21-22-18(15-12-13-15)26(25-21)17-10-6-3-7-11-17/h2-11,14-15H,12-13H2,1H3/t14-/m1/s1. The smallest absolute Gasteiger partial charge is 0.247 e. The van der Waals surface area contributed by atoms with Gasteiger partial charge in [0.1, 0.15) is 5.82 Å². The summed E-state index contributed by atoms with van der Waals surface area (Å²) in [4.78, 5) is 4.80. The molecule has 2 heterocycles. The Hall–Kier alpha value is -2.93. The molecule has 0 radical (unpaired) electrons. The van der Waals surface area contributed by atoms with Crippen molar-refractivity contribution in [2.45, 2.75) is 36.1 Å². The van der Waals surface area contributed by atoms with Crippen LogP contribution in [-0.4, -0.2) is 25.0 Å². The van der Waals surface area contributed by atoms with Crippen LogP contribution in [0.5, 0.6) is 0 Å². The maximum Gasteiger partial charge on any atom is 0.247 e. The van der Waals surface area contributed by atoms with Crippen LogP contribution in [0.4, 0.5) is 0 Å². The van der Waals surface area contributed by atoms with Crippen molar-refractivity contribution in [3.8, 4) is 17.1 Å². The van der Waals surface area contributed by atoms with Crippen LogP contribution in [0.3, 0.4) is 0 Å². The molecule has 7 heteroatoms. The van der Waals surface area contributed by atoms with Gasteiger partial charge in [-0.25, -0.2) is 9.67 Å². The number of hydrogen-bond donors (Lipinski definition) is 0. The zero-order chi connectivity index (χ0) is 18.9. The first-order valence-electron chi connectivity index (χ1n) is 9.36. The van der Waals surface area contributed by atoms with Gasteiger partial charge >= 0.3 is 0 Å². The van der Waals surface area contributed by atoms with Gasteiger partial charge < -0.3 is 4.42 Å². The Morgan fingerprint density at radius 2 is 1.71 bits per heavy atom. The number of aromatic nitrogens is 5. The van der Waals surface area contributed by atoms with Crippen LogP contribution in [0.1, 0.15) is 42.6 Å². The van der Waals surface area contributed by atoms with E-state index in [2.05, 4.69) is 22.3 Å². The summed E-state index contributed by atoms with van der Waals surface area (Å²) >= 11 is 1.54. The molecule has 2 aromatic carbocycles. The Bertz CT molecular complexity index is 1070. The van der Waals surface area contributed by atoms with E-state index in [1.807, 2.05) is 60.1 Å². The molecule has 0 unspecified atom stereocenters. The van der Waals surface area contributed by atoms with Crippen molar-refractivity contribution in [2.75, 3.05) is 0 Å². The molecule has 140 valence electrons. The van der Waals surface area contributed by atoms with E-state index in [1.165, 1.54) is 12.8 Å². The highest BCUT2D eigenvalue weighted by Gasteiger charge is 2.31. The van der Waals surface area contributed by atoms with Crippen molar-refractivity contribution in [2.24, 2.45) is 0 Å². The van der Waals surface area contributed by atoms with Gasteiger partial charge in [-0.2, -0.15) is 0 Å². The summed E-state index contributed by atoms with van der Waals surface area (Å²) in [5.74, 6) is 2.65. The van der Waals surface area contributed by atoms with Crippen LogP contribution in [0.15, 0.2) is 70.2 Å². The molecule has 1 aliphatic carbocycles. The van der Waals surface area contributed by atoms with Gasteiger partial charge in [0.2, 0.25) is 16.9 Å². The Balaban J connectivity index is 1.38. The van der Waals surface area contributed by atoms with E-state index in [9.17, 15) is 0 Å². The Labute approximate surface area is 167 Å². The number of thioether (sulfide) groups is 1. The molecule has 2 aromatic heterocycles. The quantitative estimate of drug-likeness (QED) is 0.430. The van der Waals surface area contributed by atoms with Crippen molar-refractivity contribution in [1.29, 1.82) is 0 Å². The molecule has 0 saturated heterocycles. The van der Waals surface area contributed by atoms with Crippen LogP contribution in [0.2, 0.25) is 0 Å². The minimum Gasteiger partial charge on any atom is -0.419 e. The third kappa shape index (κ3) is 3.45. The lowest BCUT2D eigenvalue weighted by atomic mass is 10.2. The molecule has 4 aromatic rings.